The lowest BCUT2D eigenvalue weighted by molar-refractivity contribution is 0.464. The SMILES string of the molecule is CC(c1ccccc1)C1CN=C(N(C)Cc2ccoc2)N1. The van der Waals surface area contributed by atoms with Crippen LogP contribution in [0.15, 0.2) is 58.3 Å². The van der Waals surface area contributed by atoms with Crippen LogP contribution in [0.25, 0.3) is 0 Å². The molecule has 3 rings (SSSR count). The number of benzene rings is 1. The van der Waals surface area contributed by atoms with Gasteiger partial charge in [-0.15, -0.1) is 0 Å². The molecule has 4 nitrogen and oxygen atoms in total. The number of furan rings is 1. The Bertz CT molecular complexity index is 592. The second-order valence-corrected chi connectivity index (χ2v) is 5.60. The van der Waals surface area contributed by atoms with E-state index in [0.29, 0.717) is 12.0 Å². The second-order valence-electron chi connectivity index (χ2n) is 5.60. The minimum Gasteiger partial charge on any atom is -0.472 e. The fourth-order valence-electron chi connectivity index (χ4n) is 2.68. The van der Waals surface area contributed by atoms with Crippen LogP contribution in [0.4, 0.5) is 0 Å². The smallest absolute Gasteiger partial charge is 0.194 e. The zero-order chi connectivity index (χ0) is 14.7. The van der Waals surface area contributed by atoms with E-state index in [1.807, 2.05) is 13.1 Å². The fraction of sp³-hybridized carbons (Fsp3) is 0.353. The predicted octanol–water partition coefficient (Wildman–Crippen LogP) is 2.84. The Labute approximate surface area is 125 Å². The lowest BCUT2D eigenvalue weighted by atomic mass is 9.94. The summed E-state index contributed by atoms with van der Waals surface area (Å²) in [4.78, 5) is 6.77. The molecule has 4 heteroatoms. The number of nitrogens with one attached hydrogen (secondary N) is 1. The largest absolute Gasteiger partial charge is 0.472 e. The van der Waals surface area contributed by atoms with E-state index < -0.39 is 0 Å². The minimum absolute atomic E-state index is 0.356. The van der Waals surface area contributed by atoms with Crippen LogP contribution in [0.2, 0.25) is 0 Å². The first-order valence-corrected chi connectivity index (χ1v) is 7.32. The maximum atomic E-state index is 5.11. The molecular weight excluding hydrogens is 262 g/mol. The van der Waals surface area contributed by atoms with Crippen molar-refractivity contribution in [1.29, 1.82) is 0 Å². The Balaban J connectivity index is 1.59. The van der Waals surface area contributed by atoms with Crippen LogP contribution in [0.3, 0.4) is 0 Å². The summed E-state index contributed by atoms with van der Waals surface area (Å²) in [5, 5.41) is 3.55. The van der Waals surface area contributed by atoms with Gasteiger partial charge in [-0.25, -0.2) is 0 Å². The van der Waals surface area contributed by atoms with Gasteiger partial charge < -0.3 is 14.6 Å². The van der Waals surface area contributed by atoms with Gasteiger partial charge in [-0.3, -0.25) is 4.99 Å². The van der Waals surface area contributed by atoms with Crippen molar-refractivity contribution in [1.82, 2.24) is 10.2 Å². The van der Waals surface area contributed by atoms with E-state index in [0.717, 1.165) is 24.6 Å². The van der Waals surface area contributed by atoms with Crippen molar-refractivity contribution >= 4 is 5.96 Å². The molecule has 1 aliphatic heterocycles. The van der Waals surface area contributed by atoms with Crippen molar-refractivity contribution < 1.29 is 4.42 Å². The monoisotopic (exact) mass is 283 g/mol. The van der Waals surface area contributed by atoms with Gasteiger partial charge in [0.2, 0.25) is 0 Å². The Morgan fingerprint density at radius 3 is 2.86 bits per heavy atom. The first kappa shape index (κ1) is 13.7. The fourth-order valence-corrected chi connectivity index (χ4v) is 2.68. The van der Waals surface area contributed by atoms with Crippen molar-refractivity contribution in [2.24, 2.45) is 4.99 Å². The average Bonchev–Trinajstić information content (AvgIpc) is 3.18. The van der Waals surface area contributed by atoms with Crippen LogP contribution in [-0.4, -0.2) is 30.5 Å². The highest BCUT2D eigenvalue weighted by molar-refractivity contribution is 5.81. The number of hydrogen-bond acceptors (Lipinski definition) is 4. The summed E-state index contributed by atoms with van der Waals surface area (Å²) in [5.41, 5.74) is 2.51. The third kappa shape index (κ3) is 3.10. The lowest BCUT2D eigenvalue weighted by Gasteiger charge is -2.23. The summed E-state index contributed by atoms with van der Waals surface area (Å²) in [6.45, 7) is 3.87. The maximum Gasteiger partial charge on any atom is 0.194 e. The zero-order valence-electron chi connectivity index (χ0n) is 12.5. The molecule has 2 heterocycles. The average molecular weight is 283 g/mol. The van der Waals surface area contributed by atoms with Crippen molar-refractivity contribution in [3.63, 3.8) is 0 Å². The summed E-state index contributed by atoms with van der Waals surface area (Å²) in [6, 6.07) is 12.9. The third-order valence-electron chi connectivity index (χ3n) is 4.04. The number of hydrogen-bond donors (Lipinski definition) is 1. The Morgan fingerprint density at radius 1 is 1.33 bits per heavy atom. The number of nitrogens with zero attached hydrogens (tertiary/aromatic N) is 2. The molecule has 0 spiro atoms. The van der Waals surface area contributed by atoms with Gasteiger partial charge in [0.05, 0.1) is 25.1 Å². The van der Waals surface area contributed by atoms with Gasteiger partial charge >= 0.3 is 0 Å². The Kier molecular flexibility index (Phi) is 3.95. The van der Waals surface area contributed by atoms with E-state index in [1.165, 1.54) is 5.56 Å². The minimum atomic E-state index is 0.356. The first-order chi connectivity index (χ1) is 10.2. The van der Waals surface area contributed by atoms with E-state index in [9.17, 15) is 0 Å². The van der Waals surface area contributed by atoms with E-state index in [-0.39, 0.29) is 0 Å². The molecule has 0 amide bonds. The number of rotatable bonds is 4. The molecular formula is C17H21N3O. The molecule has 0 aliphatic carbocycles. The van der Waals surface area contributed by atoms with E-state index >= 15 is 0 Å². The summed E-state index contributed by atoms with van der Waals surface area (Å²) in [6.07, 6.45) is 3.48. The normalized spacial score (nSPS) is 19.0. The van der Waals surface area contributed by atoms with Crippen molar-refractivity contribution in [2.75, 3.05) is 13.6 Å². The highest BCUT2D eigenvalue weighted by Crippen LogP contribution is 2.21. The summed E-state index contributed by atoms with van der Waals surface area (Å²) < 4.78 is 5.11. The van der Waals surface area contributed by atoms with E-state index in [4.69, 9.17) is 4.42 Å². The van der Waals surface area contributed by atoms with Gasteiger partial charge in [-0.2, -0.15) is 0 Å². The van der Waals surface area contributed by atoms with Crippen LogP contribution >= 0.6 is 0 Å². The predicted molar refractivity (Wildman–Crippen MR) is 84.3 cm³/mol. The summed E-state index contributed by atoms with van der Waals surface area (Å²) in [7, 11) is 2.05. The molecule has 1 aromatic carbocycles. The highest BCUT2D eigenvalue weighted by Gasteiger charge is 2.26. The molecule has 0 saturated carbocycles. The van der Waals surface area contributed by atoms with Crippen LogP contribution in [0.1, 0.15) is 24.0 Å². The number of guanidine groups is 1. The zero-order valence-corrected chi connectivity index (χ0v) is 12.5. The topological polar surface area (TPSA) is 40.8 Å². The molecule has 0 saturated heterocycles. The quantitative estimate of drug-likeness (QED) is 0.938. The highest BCUT2D eigenvalue weighted by atomic mass is 16.3. The third-order valence-corrected chi connectivity index (χ3v) is 4.04. The van der Waals surface area contributed by atoms with Gasteiger partial charge in [0.1, 0.15) is 0 Å². The van der Waals surface area contributed by atoms with Crippen LogP contribution < -0.4 is 5.32 Å². The van der Waals surface area contributed by atoms with Gasteiger partial charge in [0.25, 0.3) is 0 Å². The molecule has 0 fully saturated rings. The first-order valence-electron chi connectivity index (χ1n) is 7.32. The van der Waals surface area contributed by atoms with Gasteiger partial charge in [-0.05, 0) is 11.6 Å². The second kappa shape index (κ2) is 6.04. The van der Waals surface area contributed by atoms with E-state index in [2.05, 4.69) is 52.5 Å². The van der Waals surface area contributed by atoms with Gasteiger partial charge in [0, 0.05) is 25.1 Å². The van der Waals surface area contributed by atoms with Crippen LogP contribution in [0.5, 0.6) is 0 Å². The Hall–Kier alpha value is -2.23. The molecule has 1 N–H and O–H groups in total. The molecule has 2 unspecified atom stereocenters. The summed E-state index contributed by atoms with van der Waals surface area (Å²) in [5.74, 6) is 1.40. The Morgan fingerprint density at radius 2 is 2.14 bits per heavy atom. The lowest BCUT2D eigenvalue weighted by Crippen LogP contribution is -2.41. The molecule has 2 aromatic rings. The molecule has 1 aliphatic rings. The van der Waals surface area contributed by atoms with Crippen molar-refractivity contribution in [3.8, 4) is 0 Å². The standard InChI is InChI=1S/C17H21N3O/c1-13(15-6-4-3-5-7-15)16-10-18-17(19-16)20(2)11-14-8-9-21-12-14/h3-9,12-13,16H,10-11H2,1-2H3,(H,18,19). The molecule has 110 valence electrons. The van der Waals surface area contributed by atoms with E-state index in [1.54, 1.807) is 12.5 Å². The number of aliphatic imine (C=N–C) groups is 1. The van der Waals surface area contributed by atoms with Crippen LogP contribution in [0, 0.1) is 0 Å². The van der Waals surface area contributed by atoms with Gasteiger partial charge in [0.15, 0.2) is 5.96 Å². The summed E-state index contributed by atoms with van der Waals surface area (Å²) >= 11 is 0. The maximum absolute atomic E-state index is 5.11. The molecule has 21 heavy (non-hydrogen) atoms. The molecule has 0 bridgehead atoms. The molecule has 1 aromatic heterocycles. The molecule has 0 radical (unpaired) electrons. The van der Waals surface area contributed by atoms with Crippen LogP contribution in [-0.2, 0) is 6.54 Å². The van der Waals surface area contributed by atoms with Gasteiger partial charge in [-0.1, -0.05) is 37.3 Å². The van der Waals surface area contributed by atoms with Crippen molar-refractivity contribution in [3.05, 3.63) is 60.1 Å². The van der Waals surface area contributed by atoms with Crippen molar-refractivity contribution in [2.45, 2.75) is 25.4 Å². The molecule has 2 atom stereocenters.